The minimum Gasteiger partial charge on any atom is -0.478 e. The van der Waals surface area contributed by atoms with E-state index in [9.17, 15) is 29.7 Å². The topological polar surface area (TPSA) is 161 Å². The molecule has 40 heavy (non-hydrogen) atoms. The molecule has 1 saturated carbocycles. The SMILES string of the molecule is CC(O)C1/C=C/C=C/C(=O)OC2CC3OC4C=C(C(=O)O)CCC4(COC(=O)C(O)C(C)CCO1)C2(C)C31CO1. The summed E-state index contributed by atoms with van der Waals surface area (Å²) in [5.74, 6) is -2.93. The first-order valence-electron chi connectivity index (χ1n) is 13.9. The van der Waals surface area contributed by atoms with Gasteiger partial charge in [-0.1, -0.05) is 32.1 Å². The number of carbonyl (C=O) groups excluding carboxylic acids is 2. The number of aliphatic carboxylic acids is 1. The highest BCUT2D eigenvalue weighted by Gasteiger charge is 2.83. The van der Waals surface area contributed by atoms with Crippen LogP contribution >= 0.6 is 0 Å². The van der Waals surface area contributed by atoms with Crippen LogP contribution in [0.3, 0.4) is 0 Å². The van der Waals surface area contributed by atoms with Gasteiger partial charge in [0.2, 0.25) is 0 Å². The number of esters is 2. The van der Waals surface area contributed by atoms with E-state index in [1.54, 1.807) is 32.1 Å². The first-order valence-corrected chi connectivity index (χ1v) is 13.9. The quantitative estimate of drug-likeness (QED) is 0.330. The van der Waals surface area contributed by atoms with Crippen molar-refractivity contribution in [2.24, 2.45) is 16.7 Å². The van der Waals surface area contributed by atoms with Gasteiger partial charge in [0.05, 0.1) is 30.3 Å². The number of hydrogen-bond acceptors (Lipinski definition) is 10. The van der Waals surface area contributed by atoms with Crippen molar-refractivity contribution in [2.75, 3.05) is 19.8 Å². The molecular weight excluding hydrogens is 524 g/mol. The van der Waals surface area contributed by atoms with E-state index in [0.29, 0.717) is 25.9 Å². The fraction of sp³-hybridized carbons (Fsp3) is 0.690. The molecule has 11 heteroatoms. The van der Waals surface area contributed by atoms with E-state index >= 15 is 0 Å². The predicted molar refractivity (Wildman–Crippen MR) is 138 cm³/mol. The molecule has 0 aromatic carbocycles. The number of ether oxygens (including phenoxy) is 5. The zero-order valence-electron chi connectivity index (χ0n) is 23.0. The van der Waals surface area contributed by atoms with E-state index in [0.717, 1.165) is 0 Å². The average Bonchev–Trinajstić information content (AvgIpc) is 3.69. The maximum atomic E-state index is 13.1. The van der Waals surface area contributed by atoms with Crippen molar-refractivity contribution >= 4 is 17.9 Å². The Kier molecular flexibility index (Phi) is 7.73. The Hall–Kier alpha value is -2.57. The van der Waals surface area contributed by atoms with Crippen molar-refractivity contribution in [1.82, 2.24) is 0 Å². The second-order valence-corrected chi connectivity index (χ2v) is 11.9. The van der Waals surface area contributed by atoms with Gasteiger partial charge in [-0.15, -0.1) is 0 Å². The maximum Gasteiger partial charge on any atom is 0.335 e. The minimum absolute atomic E-state index is 0.167. The van der Waals surface area contributed by atoms with Gasteiger partial charge in [0.25, 0.3) is 0 Å². The molecule has 10 unspecified atom stereocenters. The summed E-state index contributed by atoms with van der Waals surface area (Å²) in [6.07, 6.45) is 4.03. The van der Waals surface area contributed by atoms with Crippen LogP contribution in [0.5, 0.6) is 0 Å². The predicted octanol–water partition coefficient (Wildman–Crippen LogP) is 1.46. The molecule has 3 aliphatic heterocycles. The minimum atomic E-state index is -1.43. The van der Waals surface area contributed by atoms with Crippen molar-refractivity contribution < 1.29 is 53.4 Å². The number of allylic oxidation sites excluding steroid dienone is 2. The molecule has 3 heterocycles. The molecule has 3 fully saturated rings. The Morgan fingerprint density at radius 3 is 2.60 bits per heavy atom. The van der Waals surface area contributed by atoms with Gasteiger partial charge in [0, 0.05) is 30.1 Å². The smallest absolute Gasteiger partial charge is 0.335 e. The fourth-order valence-electron chi connectivity index (χ4n) is 7.08. The summed E-state index contributed by atoms with van der Waals surface area (Å²) in [6.45, 7) is 5.61. The molecule has 11 nitrogen and oxygen atoms in total. The van der Waals surface area contributed by atoms with Crippen LogP contribution in [0.25, 0.3) is 0 Å². The van der Waals surface area contributed by atoms with Gasteiger partial charge in [-0.2, -0.15) is 0 Å². The molecule has 2 saturated heterocycles. The van der Waals surface area contributed by atoms with Gasteiger partial charge in [0.1, 0.15) is 24.4 Å². The van der Waals surface area contributed by atoms with E-state index in [1.807, 2.05) is 6.92 Å². The van der Waals surface area contributed by atoms with Crippen molar-refractivity contribution in [3.8, 4) is 0 Å². The zero-order valence-corrected chi connectivity index (χ0v) is 23.0. The highest BCUT2D eigenvalue weighted by Crippen LogP contribution is 2.72. The summed E-state index contributed by atoms with van der Waals surface area (Å²) >= 11 is 0. The Morgan fingerprint density at radius 2 is 1.93 bits per heavy atom. The molecule has 5 aliphatic rings. The van der Waals surface area contributed by atoms with Crippen LogP contribution < -0.4 is 0 Å². The Balaban J connectivity index is 1.53. The highest BCUT2D eigenvalue weighted by molar-refractivity contribution is 5.87. The highest BCUT2D eigenvalue weighted by atomic mass is 16.6. The first-order chi connectivity index (χ1) is 18.9. The molecule has 220 valence electrons. The van der Waals surface area contributed by atoms with Crippen LogP contribution in [0.2, 0.25) is 0 Å². The summed E-state index contributed by atoms with van der Waals surface area (Å²) in [5.41, 5.74) is -2.40. The van der Waals surface area contributed by atoms with E-state index in [1.165, 1.54) is 12.2 Å². The number of aliphatic hydroxyl groups excluding tert-OH is 2. The fourth-order valence-corrected chi connectivity index (χ4v) is 7.08. The summed E-state index contributed by atoms with van der Waals surface area (Å²) in [5, 5.41) is 30.5. The van der Waals surface area contributed by atoms with Crippen LogP contribution in [-0.4, -0.2) is 95.3 Å². The average molecular weight is 563 g/mol. The summed E-state index contributed by atoms with van der Waals surface area (Å²) in [7, 11) is 0. The van der Waals surface area contributed by atoms with Gasteiger partial charge in [-0.25, -0.2) is 14.4 Å². The standard InChI is InChI=1S/C29H38O11/c1-16-9-11-36-19(17(2)30)6-4-5-7-23(31)40-20-13-22-29(15-38-29)27(20,3)28(14-37-26(35)24(16)32)10-8-18(25(33)34)12-21(28)39-22/h4-7,12,16-17,19-22,24,30,32H,8-11,13-15H2,1-3H3,(H,33,34)/b6-4+,7-5+. The van der Waals surface area contributed by atoms with Gasteiger partial charge >= 0.3 is 17.9 Å². The monoisotopic (exact) mass is 562 g/mol. The molecular formula is C29H38O11. The Bertz CT molecular complexity index is 1120. The van der Waals surface area contributed by atoms with Crippen LogP contribution in [0.15, 0.2) is 36.0 Å². The third-order valence-electron chi connectivity index (χ3n) is 9.80. The van der Waals surface area contributed by atoms with Gasteiger partial charge in [-0.05, 0) is 38.2 Å². The number of aliphatic hydroxyl groups is 2. The summed E-state index contributed by atoms with van der Waals surface area (Å²) < 4.78 is 30.0. The second-order valence-electron chi connectivity index (χ2n) is 11.9. The number of epoxide rings is 1. The second kappa shape index (κ2) is 10.7. The number of rotatable bonds is 2. The Morgan fingerprint density at radius 1 is 1.18 bits per heavy atom. The number of hydrogen-bond donors (Lipinski definition) is 3. The molecule has 2 aliphatic carbocycles. The van der Waals surface area contributed by atoms with Crippen LogP contribution in [0, 0.1) is 16.7 Å². The van der Waals surface area contributed by atoms with Crippen molar-refractivity contribution in [2.45, 2.75) is 88.7 Å². The molecule has 10 atom stereocenters. The van der Waals surface area contributed by atoms with Crippen molar-refractivity contribution in [1.29, 1.82) is 0 Å². The first kappa shape index (κ1) is 28.9. The molecule has 0 radical (unpaired) electrons. The molecule has 2 spiro atoms. The van der Waals surface area contributed by atoms with E-state index < -0.39 is 76.9 Å². The van der Waals surface area contributed by atoms with Gasteiger partial charge < -0.3 is 39.0 Å². The molecule has 0 aromatic rings. The number of cyclic esters (lactones) is 1. The normalized spacial score (nSPS) is 46.1. The van der Waals surface area contributed by atoms with Gasteiger partial charge in [0.15, 0.2) is 6.10 Å². The van der Waals surface area contributed by atoms with Crippen molar-refractivity contribution in [3.63, 3.8) is 0 Å². The molecule has 0 aromatic heterocycles. The van der Waals surface area contributed by atoms with Crippen LogP contribution in [0.1, 0.15) is 46.5 Å². The lowest BCUT2D eigenvalue weighted by Gasteiger charge is -2.58. The lowest BCUT2D eigenvalue weighted by molar-refractivity contribution is -0.234. The third-order valence-corrected chi connectivity index (χ3v) is 9.80. The van der Waals surface area contributed by atoms with E-state index in [-0.39, 0.29) is 25.2 Å². The summed E-state index contributed by atoms with van der Waals surface area (Å²) in [4.78, 5) is 37.9. The van der Waals surface area contributed by atoms with Crippen LogP contribution in [0.4, 0.5) is 0 Å². The maximum absolute atomic E-state index is 13.1. The molecule has 0 amide bonds. The van der Waals surface area contributed by atoms with Gasteiger partial charge in [-0.3, -0.25) is 0 Å². The molecule has 2 bridgehead atoms. The number of carboxylic acid groups (broad SMARTS) is 1. The third kappa shape index (κ3) is 4.61. The Labute approximate surface area is 232 Å². The number of carboxylic acids is 1. The molecule has 3 N–H and O–H groups in total. The van der Waals surface area contributed by atoms with Crippen molar-refractivity contribution in [3.05, 3.63) is 36.0 Å². The lowest BCUT2D eigenvalue weighted by Crippen LogP contribution is -2.67. The number of carbonyl (C=O) groups is 3. The summed E-state index contributed by atoms with van der Waals surface area (Å²) in [6, 6.07) is 0. The molecule has 5 rings (SSSR count). The van der Waals surface area contributed by atoms with E-state index in [4.69, 9.17) is 23.7 Å². The van der Waals surface area contributed by atoms with E-state index in [2.05, 4.69) is 0 Å². The van der Waals surface area contributed by atoms with Crippen LogP contribution in [-0.2, 0) is 38.1 Å². The lowest BCUT2D eigenvalue weighted by atomic mass is 9.51. The largest absolute Gasteiger partial charge is 0.478 e. The zero-order chi connectivity index (χ0) is 28.9.